The molecule has 2 aromatic rings. The number of benzene rings is 2. The Kier molecular flexibility index (Phi) is 6.19. The van der Waals surface area contributed by atoms with Crippen LogP contribution in [0.1, 0.15) is 25.3 Å². The van der Waals surface area contributed by atoms with Gasteiger partial charge in [0.25, 0.3) is 0 Å². The van der Waals surface area contributed by atoms with Crippen molar-refractivity contribution in [1.82, 2.24) is 4.90 Å². The van der Waals surface area contributed by atoms with E-state index < -0.39 is 6.04 Å². The second-order valence-corrected chi connectivity index (χ2v) is 7.08. The van der Waals surface area contributed by atoms with Gasteiger partial charge in [0.15, 0.2) is 0 Å². The minimum atomic E-state index is -0.391. The Bertz CT molecular complexity index is 838. The van der Waals surface area contributed by atoms with Gasteiger partial charge in [-0.2, -0.15) is 0 Å². The van der Waals surface area contributed by atoms with Crippen molar-refractivity contribution >= 4 is 23.2 Å². The highest BCUT2D eigenvalue weighted by atomic mass is 16.5. The van der Waals surface area contributed by atoms with E-state index in [1.54, 1.807) is 24.0 Å². The number of carbonyl (C=O) groups is 2. The minimum Gasteiger partial charge on any atom is -0.494 e. The Labute approximate surface area is 166 Å². The summed E-state index contributed by atoms with van der Waals surface area (Å²) < 4.78 is 5.49. The topological polar surface area (TPSA) is 61.9 Å². The number of hydrogen-bond donors (Lipinski definition) is 1. The van der Waals surface area contributed by atoms with Crippen LogP contribution in [0, 0.1) is 0 Å². The quantitative estimate of drug-likeness (QED) is 0.800. The molecule has 1 fully saturated rings. The van der Waals surface area contributed by atoms with Crippen LogP contribution in [0.4, 0.5) is 11.4 Å². The first-order chi connectivity index (χ1) is 13.5. The average Bonchev–Trinajstić information content (AvgIpc) is 3.13. The second kappa shape index (κ2) is 8.78. The highest BCUT2D eigenvalue weighted by Gasteiger charge is 2.25. The summed E-state index contributed by atoms with van der Waals surface area (Å²) in [6.45, 7) is 3.11. The molecule has 1 saturated heterocycles. The zero-order chi connectivity index (χ0) is 20.1. The van der Waals surface area contributed by atoms with Crippen LogP contribution in [0.25, 0.3) is 0 Å². The van der Waals surface area contributed by atoms with Crippen LogP contribution in [0.2, 0.25) is 0 Å². The lowest BCUT2D eigenvalue weighted by atomic mass is 10.2. The highest BCUT2D eigenvalue weighted by molar-refractivity contribution is 5.97. The molecule has 0 aromatic heterocycles. The first-order valence-electron chi connectivity index (χ1n) is 9.53. The van der Waals surface area contributed by atoms with Gasteiger partial charge in [0.05, 0.1) is 12.8 Å². The molecule has 3 rings (SSSR count). The first-order valence-corrected chi connectivity index (χ1v) is 9.53. The summed E-state index contributed by atoms with van der Waals surface area (Å²) in [5.41, 5.74) is 2.64. The largest absolute Gasteiger partial charge is 0.494 e. The maximum absolute atomic E-state index is 12.7. The summed E-state index contributed by atoms with van der Waals surface area (Å²) in [6.07, 6.45) is 1.43. The number of carbonyl (C=O) groups excluding carboxylic acids is 2. The van der Waals surface area contributed by atoms with Crippen LogP contribution in [-0.2, 0) is 16.1 Å². The van der Waals surface area contributed by atoms with E-state index in [4.69, 9.17) is 4.74 Å². The Morgan fingerprint density at radius 2 is 2.00 bits per heavy atom. The van der Waals surface area contributed by atoms with Gasteiger partial charge in [-0.25, -0.2) is 0 Å². The number of nitrogens with one attached hydrogen (secondary N) is 1. The molecule has 148 valence electrons. The lowest BCUT2D eigenvalue weighted by Gasteiger charge is -2.24. The van der Waals surface area contributed by atoms with Gasteiger partial charge < -0.3 is 19.9 Å². The second-order valence-electron chi connectivity index (χ2n) is 7.08. The van der Waals surface area contributed by atoms with Gasteiger partial charge in [-0.3, -0.25) is 9.59 Å². The Hall–Kier alpha value is -3.02. The molecule has 1 aliphatic rings. The van der Waals surface area contributed by atoms with E-state index in [1.165, 1.54) is 0 Å². The number of rotatable bonds is 7. The van der Waals surface area contributed by atoms with Crippen molar-refractivity contribution in [2.45, 2.75) is 32.4 Å². The molecule has 1 unspecified atom stereocenters. The zero-order valence-corrected chi connectivity index (χ0v) is 16.6. The molecule has 1 aliphatic heterocycles. The van der Waals surface area contributed by atoms with E-state index in [0.29, 0.717) is 25.3 Å². The average molecular weight is 381 g/mol. The fourth-order valence-electron chi connectivity index (χ4n) is 3.47. The van der Waals surface area contributed by atoms with Crippen molar-refractivity contribution in [3.8, 4) is 5.75 Å². The van der Waals surface area contributed by atoms with Crippen LogP contribution < -0.4 is 15.0 Å². The van der Waals surface area contributed by atoms with E-state index >= 15 is 0 Å². The monoisotopic (exact) mass is 381 g/mol. The predicted octanol–water partition coefficient (Wildman–Crippen LogP) is 3.28. The Morgan fingerprint density at radius 1 is 1.25 bits per heavy atom. The van der Waals surface area contributed by atoms with Crippen molar-refractivity contribution in [3.05, 3.63) is 54.1 Å². The fraction of sp³-hybridized carbons (Fsp3) is 0.364. The molecular formula is C22H27N3O3. The molecule has 6 nitrogen and oxygen atoms in total. The maximum atomic E-state index is 12.7. The molecule has 28 heavy (non-hydrogen) atoms. The minimum absolute atomic E-state index is 0.00150. The summed E-state index contributed by atoms with van der Waals surface area (Å²) >= 11 is 0. The standard InChI is InChI=1S/C22H27N3O3/c1-16(22(27)24(2)15-17-8-5-4-6-9-17)23-18-11-12-19(20(14-18)28-3)25-13-7-10-21(25)26/h4-6,8-9,11-12,14,16,23H,7,10,13,15H2,1-3H3. The zero-order valence-electron chi connectivity index (χ0n) is 16.6. The number of ether oxygens (including phenoxy) is 1. The van der Waals surface area contributed by atoms with Gasteiger partial charge >= 0.3 is 0 Å². The van der Waals surface area contributed by atoms with Crippen LogP contribution >= 0.6 is 0 Å². The maximum Gasteiger partial charge on any atom is 0.244 e. The predicted molar refractivity (Wildman–Crippen MR) is 111 cm³/mol. The molecule has 1 N–H and O–H groups in total. The SMILES string of the molecule is COc1cc(NC(C)C(=O)N(C)Cc2ccccc2)ccc1N1CCCC1=O. The number of methoxy groups -OCH3 is 1. The van der Waals surface area contributed by atoms with Crippen LogP contribution in [0.5, 0.6) is 5.75 Å². The molecule has 6 heteroatoms. The van der Waals surface area contributed by atoms with Crippen LogP contribution in [0.3, 0.4) is 0 Å². The molecule has 0 bridgehead atoms. The van der Waals surface area contributed by atoms with Gasteiger partial charge in [0.2, 0.25) is 11.8 Å². The van der Waals surface area contributed by atoms with Crippen molar-refractivity contribution in [1.29, 1.82) is 0 Å². The molecule has 1 atom stereocenters. The molecule has 2 aromatic carbocycles. The first kappa shape index (κ1) is 19.7. The fourth-order valence-corrected chi connectivity index (χ4v) is 3.47. The van der Waals surface area contributed by atoms with Gasteiger partial charge in [0.1, 0.15) is 11.8 Å². The van der Waals surface area contributed by atoms with Crippen LogP contribution in [-0.4, -0.2) is 43.5 Å². The smallest absolute Gasteiger partial charge is 0.244 e. The Morgan fingerprint density at radius 3 is 2.64 bits per heavy atom. The number of amides is 2. The molecule has 0 radical (unpaired) electrons. The summed E-state index contributed by atoms with van der Waals surface area (Å²) in [7, 11) is 3.39. The number of hydrogen-bond acceptors (Lipinski definition) is 4. The number of nitrogens with zero attached hydrogens (tertiary/aromatic N) is 2. The lowest BCUT2D eigenvalue weighted by Crippen LogP contribution is -2.38. The van der Waals surface area contributed by atoms with Gasteiger partial charge in [-0.1, -0.05) is 30.3 Å². The summed E-state index contributed by atoms with van der Waals surface area (Å²) in [4.78, 5) is 28.2. The summed E-state index contributed by atoms with van der Waals surface area (Å²) in [5, 5.41) is 3.24. The van der Waals surface area contributed by atoms with Crippen LogP contribution in [0.15, 0.2) is 48.5 Å². The molecule has 0 spiro atoms. The molecule has 0 saturated carbocycles. The molecule has 0 aliphatic carbocycles. The van der Waals surface area contributed by atoms with E-state index in [9.17, 15) is 9.59 Å². The summed E-state index contributed by atoms with van der Waals surface area (Å²) in [5.74, 6) is 0.740. The van der Waals surface area contributed by atoms with Gasteiger partial charge in [0, 0.05) is 38.3 Å². The highest BCUT2D eigenvalue weighted by Crippen LogP contribution is 2.34. The normalized spacial score (nSPS) is 14.7. The molecular weight excluding hydrogens is 354 g/mol. The van der Waals surface area contributed by atoms with Crippen molar-refractivity contribution in [2.75, 3.05) is 30.9 Å². The number of anilines is 2. The van der Waals surface area contributed by atoms with Gasteiger partial charge in [-0.05, 0) is 31.0 Å². The van der Waals surface area contributed by atoms with E-state index in [1.807, 2.05) is 55.5 Å². The van der Waals surface area contributed by atoms with Crippen molar-refractivity contribution in [2.24, 2.45) is 0 Å². The molecule has 1 heterocycles. The summed E-state index contributed by atoms with van der Waals surface area (Å²) in [6, 6.07) is 15.1. The third-order valence-electron chi connectivity index (χ3n) is 4.94. The third kappa shape index (κ3) is 4.44. The van der Waals surface area contributed by atoms with E-state index in [0.717, 1.165) is 23.4 Å². The van der Waals surface area contributed by atoms with E-state index in [-0.39, 0.29) is 11.8 Å². The number of likely N-dealkylation sites (N-methyl/N-ethyl adjacent to an activating group) is 1. The van der Waals surface area contributed by atoms with Gasteiger partial charge in [-0.15, -0.1) is 0 Å². The van der Waals surface area contributed by atoms with Crippen molar-refractivity contribution < 1.29 is 14.3 Å². The molecule has 2 amide bonds. The third-order valence-corrected chi connectivity index (χ3v) is 4.94. The Balaban J connectivity index is 1.66. The van der Waals surface area contributed by atoms with Crippen molar-refractivity contribution in [3.63, 3.8) is 0 Å². The lowest BCUT2D eigenvalue weighted by molar-refractivity contribution is -0.130. The van der Waals surface area contributed by atoms with E-state index in [2.05, 4.69) is 5.32 Å².